The molecule has 7 heteroatoms. The molecule has 0 spiro atoms. The van der Waals surface area contributed by atoms with E-state index in [1.165, 1.54) is 12.1 Å². The van der Waals surface area contributed by atoms with E-state index < -0.39 is 0 Å². The number of hydrogen-bond donors (Lipinski definition) is 1. The van der Waals surface area contributed by atoms with Gasteiger partial charge in [-0.15, -0.1) is 0 Å². The Morgan fingerprint density at radius 3 is 2.71 bits per heavy atom. The van der Waals surface area contributed by atoms with Gasteiger partial charge < -0.3 is 15.1 Å². The summed E-state index contributed by atoms with van der Waals surface area (Å²) in [6.07, 6.45) is 6.11. The van der Waals surface area contributed by atoms with Crippen LogP contribution in [0.15, 0.2) is 48.8 Å². The van der Waals surface area contributed by atoms with Gasteiger partial charge in [0.25, 0.3) is 0 Å². The average Bonchev–Trinajstić information content (AvgIpc) is 2.83. The van der Waals surface area contributed by atoms with Crippen LogP contribution in [0, 0.1) is 11.7 Å². The minimum atomic E-state index is -0.313. The van der Waals surface area contributed by atoms with Crippen molar-refractivity contribution < 1.29 is 14.0 Å². The fourth-order valence-corrected chi connectivity index (χ4v) is 4.00. The van der Waals surface area contributed by atoms with E-state index in [-0.39, 0.29) is 36.0 Å². The molecule has 31 heavy (non-hydrogen) atoms. The molecule has 0 saturated carbocycles. The highest BCUT2D eigenvalue weighted by molar-refractivity contribution is 5.85. The first-order valence-electron chi connectivity index (χ1n) is 10.8. The molecular formula is C24H31FN4O2. The molecule has 2 amide bonds. The fraction of sp³-hybridized carbons (Fsp3) is 0.458. The lowest BCUT2D eigenvalue weighted by Gasteiger charge is -2.25. The molecule has 1 aromatic carbocycles. The molecule has 0 aliphatic carbocycles. The van der Waals surface area contributed by atoms with E-state index in [9.17, 15) is 14.0 Å². The van der Waals surface area contributed by atoms with Crippen molar-refractivity contribution in [1.82, 2.24) is 20.1 Å². The summed E-state index contributed by atoms with van der Waals surface area (Å²) < 4.78 is 13.1. The highest BCUT2D eigenvalue weighted by Gasteiger charge is 2.28. The molecule has 2 unspecified atom stereocenters. The molecule has 1 saturated heterocycles. The van der Waals surface area contributed by atoms with Gasteiger partial charge in [-0.2, -0.15) is 0 Å². The summed E-state index contributed by atoms with van der Waals surface area (Å²) in [5.74, 6) is -0.569. The van der Waals surface area contributed by atoms with Crippen LogP contribution in [0.3, 0.4) is 0 Å². The van der Waals surface area contributed by atoms with Crippen LogP contribution < -0.4 is 5.32 Å². The lowest BCUT2D eigenvalue weighted by atomic mass is 9.95. The van der Waals surface area contributed by atoms with Crippen molar-refractivity contribution in [3.8, 4) is 0 Å². The van der Waals surface area contributed by atoms with E-state index >= 15 is 0 Å². The second-order valence-corrected chi connectivity index (χ2v) is 8.37. The summed E-state index contributed by atoms with van der Waals surface area (Å²) in [5.41, 5.74) is 1.97. The normalized spacial score (nSPS) is 20.0. The summed E-state index contributed by atoms with van der Waals surface area (Å²) in [7, 11) is 3.57. The van der Waals surface area contributed by atoms with Crippen molar-refractivity contribution in [3.63, 3.8) is 0 Å². The van der Waals surface area contributed by atoms with E-state index in [0.29, 0.717) is 26.1 Å². The first kappa shape index (κ1) is 22.9. The smallest absolute Gasteiger partial charge is 0.226 e. The molecular weight excluding hydrogens is 395 g/mol. The highest BCUT2D eigenvalue weighted by atomic mass is 19.1. The van der Waals surface area contributed by atoms with E-state index in [0.717, 1.165) is 24.0 Å². The lowest BCUT2D eigenvalue weighted by molar-refractivity contribution is -0.140. The van der Waals surface area contributed by atoms with Gasteiger partial charge in [-0.1, -0.05) is 24.6 Å². The number of carbonyl (C=O) groups excluding carboxylic acids is 2. The summed E-state index contributed by atoms with van der Waals surface area (Å²) in [4.78, 5) is 33.3. The van der Waals surface area contributed by atoms with Crippen molar-refractivity contribution >= 4 is 11.8 Å². The van der Waals surface area contributed by atoms with Crippen LogP contribution in [0.1, 0.15) is 36.8 Å². The maximum absolute atomic E-state index is 13.1. The minimum Gasteiger partial charge on any atom is -0.344 e. The molecule has 166 valence electrons. The Bertz CT molecular complexity index is 860. The number of amides is 2. The van der Waals surface area contributed by atoms with Crippen LogP contribution in [0.2, 0.25) is 0 Å². The van der Waals surface area contributed by atoms with E-state index in [1.54, 1.807) is 48.4 Å². The van der Waals surface area contributed by atoms with Gasteiger partial charge in [0.1, 0.15) is 5.82 Å². The van der Waals surface area contributed by atoms with Gasteiger partial charge in [-0.25, -0.2) is 4.39 Å². The predicted molar refractivity (Wildman–Crippen MR) is 117 cm³/mol. The quantitative estimate of drug-likeness (QED) is 0.771. The molecule has 2 atom stereocenters. The molecule has 2 heterocycles. The van der Waals surface area contributed by atoms with Gasteiger partial charge in [-0.3, -0.25) is 14.6 Å². The highest BCUT2D eigenvalue weighted by Crippen LogP contribution is 2.21. The van der Waals surface area contributed by atoms with E-state index in [4.69, 9.17) is 0 Å². The molecule has 1 fully saturated rings. The van der Waals surface area contributed by atoms with Gasteiger partial charge in [-0.05, 0) is 42.2 Å². The Labute approximate surface area is 183 Å². The van der Waals surface area contributed by atoms with Crippen LogP contribution in [0.4, 0.5) is 4.39 Å². The fourth-order valence-electron chi connectivity index (χ4n) is 4.00. The second-order valence-electron chi connectivity index (χ2n) is 8.37. The third-order valence-corrected chi connectivity index (χ3v) is 5.82. The van der Waals surface area contributed by atoms with Gasteiger partial charge in [0.2, 0.25) is 11.8 Å². The average molecular weight is 427 g/mol. The Morgan fingerprint density at radius 1 is 1.23 bits per heavy atom. The molecule has 6 nitrogen and oxygen atoms in total. The lowest BCUT2D eigenvalue weighted by Crippen LogP contribution is -2.42. The Balaban J connectivity index is 1.58. The van der Waals surface area contributed by atoms with Gasteiger partial charge >= 0.3 is 0 Å². The van der Waals surface area contributed by atoms with Crippen LogP contribution in [0.25, 0.3) is 0 Å². The third-order valence-electron chi connectivity index (χ3n) is 5.82. The van der Waals surface area contributed by atoms with Crippen LogP contribution >= 0.6 is 0 Å². The number of nitrogens with zero attached hydrogens (tertiary/aromatic N) is 3. The molecule has 1 aliphatic heterocycles. The standard InChI is InChI=1S/C24H31FN4O2/c1-28-17-22(27-15-18-8-10-21(25)11-9-18)7-3-6-20(13-23(28)30)24(31)29(2)16-19-5-4-12-26-14-19/h4-5,8-12,14,20,22,27H,3,6-7,13,15-17H2,1-2H3. The number of hydrogen-bond acceptors (Lipinski definition) is 4. The van der Waals surface area contributed by atoms with Crippen LogP contribution in [-0.2, 0) is 22.7 Å². The molecule has 2 aromatic rings. The van der Waals surface area contributed by atoms with Crippen LogP contribution in [0.5, 0.6) is 0 Å². The molecule has 0 radical (unpaired) electrons. The van der Waals surface area contributed by atoms with Crippen molar-refractivity contribution in [2.24, 2.45) is 5.92 Å². The topological polar surface area (TPSA) is 65.5 Å². The van der Waals surface area contributed by atoms with Crippen LogP contribution in [-0.4, -0.2) is 53.3 Å². The zero-order valence-corrected chi connectivity index (χ0v) is 18.3. The summed E-state index contributed by atoms with van der Waals surface area (Å²) in [5, 5.41) is 3.48. The molecule has 1 aromatic heterocycles. The number of halogens is 1. The molecule has 0 bridgehead atoms. The maximum atomic E-state index is 13.1. The number of aromatic nitrogens is 1. The summed E-state index contributed by atoms with van der Waals surface area (Å²) >= 11 is 0. The van der Waals surface area contributed by atoms with Crippen molar-refractivity contribution in [1.29, 1.82) is 0 Å². The number of nitrogens with one attached hydrogen (secondary N) is 1. The minimum absolute atomic E-state index is 0.00308. The van der Waals surface area contributed by atoms with E-state index in [1.807, 2.05) is 12.1 Å². The number of benzene rings is 1. The number of likely N-dealkylation sites (N-methyl/N-ethyl adjacent to an activating group) is 1. The monoisotopic (exact) mass is 426 g/mol. The van der Waals surface area contributed by atoms with Crippen molar-refractivity contribution in [3.05, 3.63) is 65.7 Å². The zero-order chi connectivity index (χ0) is 22.2. The van der Waals surface area contributed by atoms with Crippen molar-refractivity contribution in [2.75, 3.05) is 20.6 Å². The molecule has 3 rings (SSSR count). The first-order valence-corrected chi connectivity index (χ1v) is 10.8. The predicted octanol–water partition coefficient (Wildman–Crippen LogP) is 2.99. The summed E-state index contributed by atoms with van der Waals surface area (Å²) in [6.45, 7) is 1.69. The van der Waals surface area contributed by atoms with Gasteiger partial charge in [0.05, 0.1) is 0 Å². The largest absolute Gasteiger partial charge is 0.344 e. The number of carbonyl (C=O) groups is 2. The number of rotatable bonds is 6. The third kappa shape index (κ3) is 6.85. The summed E-state index contributed by atoms with van der Waals surface area (Å²) in [6, 6.07) is 10.3. The molecule has 1 aliphatic rings. The first-order chi connectivity index (χ1) is 14.9. The number of pyridine rings is 1. The maximum Gasteiger partial charge on any atom is 0.226 e. The second kappa shape index (κ2) is 11.0. The zero-order valence-electron chi connectivity index (χ0n) is 18.3. The van der Waals surface area contributed by atoms with Gasteiger partial charge in [0.15, 0.2) is 0 Å². The Hall–Kier alpha value is -2.80. The molecule has 1 N–H and O–H groups in total. The van der Waals surface area contributed by atoms with Gasteiger partial charge in [0, 0.05) is 64.5 Å². The van der Waals surface area contributed by atoms with Crippen molar-refractivity contribution in [2.45, 2.75) is 44.8 Å². The van der Waals surface area contributed by atoms with E-state index in [2.05, 4.69) is 10.3 Å². The SMILES string of the molecule is CN1CC(NCc2ccc(F)cc2)CCCC(C(=O)N(C)Cc2cccnc2)CC1=O. The Morgan fingerprint density at radius 2 is 2.00 bits per heavy atom. The Kier molecular flexibility index (Phi) is 8.12.